The first kappa shape index (κ1) is 19.1. The minimum Gasteiger partial charge on any atom is -0.349 e. The van der Waals surface area contributed by atoms with Crippen molar-refractivity contribution in [2.45, 2.75) is 26.3 Å². The standard InChI is InChI=1S/C21H21FN4.ClH/c1-14-13-17(22)7-8-19(14)24-21-23-11-9-20(25-21)26-12-10-16-5-3-4-6-18(16)15(26)2;/h3-9,11,13,15H,10,12H2,1-2H3,(H,23,24,25);1H. The van der Waals surface area contributed by atoms with Crippen LogP contribution in [0.5, 0.6) is 0 Å². The summed E-state index contributed by atoms with van der Waals surface area (Å²) in [5.74, 6) is 1.16. The van der Waals surface area contributed by atoms with E-state index < -0.39 is 0 Å². The zero-order valence-electron chi connectivity index (χ0n) is 15.3. The number of hydrogen-bond donors (Lipinski definition) is 1. The van der Waals surface area contributed by atoms with Gasteiger partial charge in [-0.25, -0.2) is 9.37 Å². The second-order valence-electron chi connectivity index (χ2n) is 6.64. The van der Waals surface area contributed by atoms with Gasteiger partial charge in [0.05, 0.1) is 6.04 Å². The van der Waals surface area contributed by atoms with Crippen LogP contribution in [0.1, 0.15) is 29.7 Å². The van der Waals surface area contributed by atoms with Gasteiger partial charge in [-0.3, -0.25) is 0 Å². The fourth-order valence-electron chi connectivity index (χ4n) is 3.54. The molecule has 27 heavy (non-hydrogen) atoms. The smallest absolute Gasteiger partial charge is 0.229 e. The van der Waals surface area contributed by atoms with Crippen molar-refractivity contribution in [3.05, 3.63) is 77.2 Å². The van der Waals surface area contributed by atoms with Crippen LogP contribution in [-0.2, 0) is 6.42 Å². The van der Waals surface area contributed by atoms with Crippen LogP contribution in [0.2, 0.25) is 0 Å². The van der Waals surface area contributed by atoms with Crippen molar-refractivity contribution in [3.8, 4) is 0 Å². The second-order valence-corrected chi connectivity index (χ2v) is 6.64. The Hall–Kier alpha value is -2.66. The van der Waals surface area contributed by atoms with Gasteiger partial charge in [-0.05, 0) is 61.2 Å². The first-order valence-electron chi connectivity index (χ1n) is 8.82. The van der Waals surface area contributed by atoms with Gasteiger partial charge in [-0.2, -0.15) is 4.98 Å². The van der Waals surface area contributed by atoms with Crippen molar-refractivity contribution in [1.29, 1.82) is 0 Å². The average Bonchev–Trinajstić information content (AvgIpc) is 2.65. The maximum Gasteiger partial charge on any atom is 0.229 e. The summed E-state index contributed by atoms with van der Waals surface area (Å²) in [5.41, 5.74) is 4.38. The van der Waals surface area contributed by atoms with Gasteiger partial charge in [0.1, 0.15) is 11.6 Å². The molecule has 1 aliphatic heterocycles. The predicted octanol–water partition coefficient (Wildman–Crippen LogP) is 5.21. The number of hydrogen-bond acceptors (Lipinski definition) is 4. The summed E-state index contributed by atoms with van der Waals surface area (Å²) < 4.78 is 13.3. The highest BCUT2D eigenvalue weighted by molar-refractivity contribution is 5.85. The number of nitrogens with one attached hydrogen (secondary N) is 1. The van der Waals surface area contributed by atoms with E-state index in [0.29, 0.717) is 5.95 Å². The molecule has 0 radical (unpaired) electrons. The number of nitrogens with zero attached hydrogens (tertiary/aromatic N) is 3. The number of anilines is 3. The summed E-state index contributed by atoms with van der Waals surface area (Å²) in [4.78, 5) is 11.3. The van der Waals surface area contributed by atoms with Crippen molar-refractivity contribution < 1.29 is 4.39 Å². The van der Waals surface area contributed by atoms with Gasteiger partial charge in [0.15, 0.2) is 0 Å². The summed E-state index contributed by atoms with van der Waals surface area (Å²) in [6, 6.07) is 15.4. The predicted molar refractivity (Wildman–Crippen MR) is 110 cm³/mol. The third kappa shape index (κ3) is 3.88. The second kappa shape index (κ2) is 7.92. The summed E-state index contributed by atoms with van der Waals surface area (Å²) in [6.07, 6.45) is 2.76. The van der Waals surface area contributed by atoms with Crippen LogP contribution in [0.25, 0.3) is 0 Å². The van der Waals surface area contributed by atoms with Crippen LogP contribution in [0.3, 0.4) is 0 Å². The highest BCUT2D eigenvalue weighted by Crippen LogP contribution is 2.32. The molecule has 4 nitrogen and oxygen atoms in total. The number of halogens is 2. The number of aromatic nitrogens is 2. The molecule has 1 aliphatic rings. The lowest BCUT2D eigenvalue weighted by atomic mass is 9.94. The molecular weight excluding hydrogens is 363 g/mol. The quantitative estimate of drug-likeness (QED) is 0.672. The van der Waals surface area contributed by atoms with E-state index >= 15 is 0 Å². The fourth-order valence-corrected chi connectivity index (χ4v) is 3.54. The van der Waals surface area contributed by atoms with Gasteiger partial charge < -0.3 is 10.2 Å². The Labute approximate surface area is 164 Å². The Morgan fingerprint density at radius 3 is 2.78 bits per heavy atom. The molecule has 4 rings (SSSR count). The third-order valence-electron chi connectivity index (χ3n) is 4.96. The van der Waals surface area contributed by atoms with Gasteiger partial charge >= 0.3 is 0 Å². The normalized spacial score (nSPS) is 15.7. The van der Waals surface area contributed by atoms with Crippen molar-refractivity contribution in [2.75, 3.05) is 16.8 Å². The zero-order valence-corrected chi connectivity index (χ0v) is 16.1. The monoisotopic (exact) mass is 384 g/mol. The van der Waals surface area contributed by atoms with Crippen LogP contribution in [0, 0.1) is 12.7 Å². The summed E-state index contributed by atoms with van der Waals surface area (Å²) in [5, 5.41) is 3.20. The number of benzene rings is 2. The summed E-state index contributed by atoms with van der Waals surface area (Å²) in [7, 11) is 0. The van der Waals surface area contributed by atoms with Crippen molar-refractivity contribution in [2.24, 2.45) is 0 Å². The van der Waals surface area contributed by atoms with Gasteiger partial charge in [0, 0.05) is 18.4 Å². The Balaban J connectivity index is 0.00000210. The molecule has 0 saturated carbocycles. The van der Waals surface area contributed by atoms with E-state index in [1.54, 1.807) is 12.3 Å². The molecule has 0 amide bonds. The van der Waals surface area contributed by atoms with E-state index in [-0.39, 0.29) is 24.3 Å². The van der Waals surface area contributed by atoms with E-state index in [1.165, 1.54) is 23.3 Å². The Kier molecular flexibility index (Phi) is 5.61. The minimum atomic E-state index is -0.247. The average molecular weight is 385 g/mol. The molecule has 0 saturated heterocycles. The maximum atomic E-state index is 13.3. The van der Waals surface area contributed by atoms with Crippen LogP contribution >= 0.6 is 12.4 Å². The SMILES string of the molecule is Cc1cc(F)ccc1Nc1nccc(N2CCc3ccccc3C2C)n1.Cl. The molecule has 0 spiro atoms. The molecule has 2 heterocycles. The maximum absolute atomic E-state index is 13.3. The zero-order chi connectivity index (χ0) is 18.1. The molecule has 1 unspecified atom stereocenters. The third-order valence-corrected chi connectivity index (χ3v) is 4.96. The number of rotatable bonds is 3. The highest BCUT2D eigenvalue weighted by atomic mass is 35.5. The molecule has 0 aliphatic carbocycles. The van der Waals surface area contributed by atoms with Crippen LogP contribution < -0.4 is 10.2 Å². The Morgan fingerprint density at radius 1 is 1.15 bits per heavy atom. The van der Waals surface area contributed by atoms with Crippen LogP contribution in [0.15, 0.2) is 54.7 Å². The van der Waals surface area contributed by atoms with Gasteiger partial charge in [0.25, 0.3) is 0 Å². The molecule has 6 heteroatoms. The molecule has 1 N–H and O–H groups in total. The van der Waals surface area contributed by atoms with Gasteiger partial charge in [-0.1, -0.05) is 24.3 Å². The van der Waals surface area contributed by atoms with Gasteiger partial charge in [0.2, 0.25) is 5.95 Å². The first-order chi connectivity index (χ1) is 12.6. The number of fused-ring (bicyclic) bond motifs is 1. The molecule has 0 fully saturated rings. The molecule has 140 valence electrons. The molecule has 0 bridgehead atoms. The fraction of sp³-hybridized carbons (Fsp3) is 0.238. The van der Waals surface area contributed by atoms with Crippen molar-refractivity contribution in [1.82, 2.24) is 9.97 Å². The van der Waals surface area contributed by atoms with E-state index in [0.717, 1.165) is 30.0 Å². The van der Waals surface area contributed by atoms with E-state index in [9.17, 15) is 4.39 Å². The first-order valence-corrected chi connectivity index (χ1v) is 8.82. The molecule has 2 aromatic carbocycles. The lowest BCUT2D eigenvalue weighted by molar-refractivity contribution is 0.617. The largest absolute Gasteiger partial charge is 0.349 e. The van der Waals surface area contributed by atoms with Crippen molar-refractivity contribution >= 4 is 29.9 Å². The lowest BCUT2D eigenvalue weighted by Crippen LogP contribution is -2.34. The summed E-state index contributed by atoms with van der Waals surface area (Å²) in [6.45, 7) is 4.99. The summed E-state index contributed by atoms with van der Waals surface area (Å²) >= 11 is 0. The van der Waals surface area contributed by atoms with Crippen molar-refractivity contribution in [3.63, 3.8) is 0 Å². The topological polar surface area (TPSA) is 41.1 Å². The molecule has 1 aromatic heterocycles. The lowest BCUT2D eigenvalue weighted by Gasteiger charge is -2.36. The Bertz CT molecular complexity index is 947. The van der Waals surface area contributed by atoms with E-state index in [4.69, 9.17) is 0 Å². The minimum absolute atomic E-state index is 0. The van der Waals surface area contributed by atoms with E-state index in [1.807, 2.05) is 13.0 Å². The molecule has 1 atom stereocenters. The van der Waals surface area contributed by atoms with Gasteiger partial charge in [-0.15, -0.1) is 12.4 Å². The van der Waals surface area contributed by atoms with E-state index in [2.05, 4.69) is 51.4 Å². The number of aryl methyl sites for hydroxylation is 1. The molecular formula is C21H22ClFN4. The Morgan fingerprint density at radius 2 is 1.96 bits per heavy atom. The highest BCUT2D eigenvalue weighted by Gasteiger charge is 2.24. The molecule has 3 aromatic rings. The van der Waals surface area contributed by atoms with Crippen LogP contribution in [-0.4, -0.2) is 16.5 Å². The van der Waals surface area contributed by atoms with Crippen LogP contribution in [0.4, 0.5) is 21.8 Å².